The zero-order chi connectivity index (χ0) is 16.4. The van der Waals surface area contributed by atoms with Gasteiger partial charge in [0.15, 0.2) is 0 Å². The molecule has 1 amide bonds. The van der Waals surface area contributed by atoms with Crippen molar-refractivity contribution in [1.82, 2.24) is 10.0 Å². The molecule has 7 heteroatoms. The zero-order valence-corrected chi connectivity index (χ0v) is 13.8. The average molecular weight is 325 g/mol. The summed E-state index contributed by atoms with van der Waals surface area (Å²) in [4.78, 5) is 12.0. The molecule has 4 N–H and O–H groups in total. The molecule has 0 fully saturated rings. The molecule has 0 atom stereocenters. The molecule has 1 aliphatic heterocycles. The molecule has 0 bridgehead atoms. The SMILES string of the molecule is CCC(CC)(CN)NS(=O)(=O)c1ccc2c(c1)C(=O)NCC2. The summed E-state index contributed by atoms with van der Waals surface area (Å²) in [6, 6.07) is 4.70. The van der Waals surface area contributed by atoms with Crippen LogP contribution in [0.3, 0.4) is 0 Å². The van der Waals surface area contributed by atoms with Gasteiger partial charge in [0.1, 0.15) is 0 Å². The van der Waals surface area contributed by atoms with Crippen LogP contribution in [0.1, 0.15) is 42.6 Å². The monoisotopic (exact) mass is 325 g/mol. The van der Waals surface area contributed by atoms with Gasteiger partial charge in [-0.1, -0.05) is 19.9 Å². The Balaban J connectivity index is 2.38. The molecule has 22 heavy (non-hydrogen) atoms. The summed E-state index contributed by atoms with van der Waals surface area (Å²) in [5, 5.41) is 2.72. The first-order valence-electron chi connectivity index (χ1n) is 7.52. The molecule has 2 rings (SSSR count). The third-order valence-corrected chi connectivity index (χ3v) is 5.99. The molecule has 0 aliphatic carbocycles. The minimum absolute atomic E-state index is 0.100. The molecule has 0 radical (unpaired) electrons. The van der Waals surface area contributed by atoms with Gasteiger partial charge < -0.3 is 11.1 Å². The molecule has 1 aromatic rings. The van der Waals surface area contributed by atoms with Crippen molar-refractivity contribution in [2.24, 2.45) is 5.73 Å². The second-order valence-corrected chi connectivity index (χ2v) is 7.30. The fourth-order valence-electron chi connectivity index (χ4n) is 2.63. The van der Waals surface area contributed by atoms with Gasteiger partial charge in [-0.3, -0.25) is 4.79 Å². The van der Waals surface area contributed by atoms with E-state index in [1.165, 1.54) is 6.07 Å². The van der Waals surface area contributed by atoms with E-state index in [1.807, 2.05) is 13.8 Å². The summed E-state index contributed by atoms with van der Waals surface area (Å²) in [6.45, 7) is 4.61. The Hall–Kier alpha value is -1.44. The van der Waals surface area contributed by atoms with Gasteiger partial charge in [0.05, 0.1) is 4.90 Å². The predicted octanol–water partition coefficient (Wildman–Crippen LogP) is 0.768. The molecule has 0 aromatic heterocycles. The molecule has 0 spiro atoms. The Morgan fingerprint density at radius 1 is 1.32 bits per heavy atom. The lowest BCUT2D eigenvalue weighted by molar-refractivity contribution is 0.0945. The van der Waals surface area contributed by atoms with Crippen molar-refractivity contribution in [3.63, 3.8) is 0 Å². The van der Waals surface area contributed by atoms with Crippen LogP contribution in [0.15, 0.2) is 23.1 Å². The van der Waals surface area contributed by atoms with Crippen LogP contribution >= 0.6 is 0 Å². The number of hydrogen-bond acceptors (Lipinski definition) is 4. The minimum atomic E-state index is -3.72. The second-order valence-electron chi connectivity index (χ2n) is 5.62. The number of sulfonamides is 1. The van der Waals surface area contributed by atoms with E-state index < -0.39 is 15.6 Å². The Labute approximate surface area is 131 Å². The molecule has 122 valence electrons. The molecular weight excluding hydrogens is 302 g/mol. The van der Waals surface area contributed by atoms with Crippen LogP contribution in [-0.4, -0.2) is 33.0 Å². The number of nitrogens with one attached hydrogen (secondary N) is 2. The second kappa shape index (κ2) is 6.36. The fourth-order valence-corrected chi connectivity index (χ4v) is 4.21. The van der Waals surface area contributed by atoms with Gasteiger partial charge in [-0.05, 0) is 37.0 Å². The lowest BCUT2D eigenvalue weighted by Gasteiger charge is -2.31. The van der Waals surface area contributed by atoms with Crippen molar-refractivity contribution in [1.29, 1.82) is 0 Å². The van der Waals surface area contributed by atoms with E-state index >= 15 is 0 Å². The van der Waals surface area contributed by atoms with Crippen molar-refractivity contribution >= 4 is 15.9 Å². The number of fused-ring (bicyclic) bond motifs is 1. The molecular formula is C15H23N3O3S. The van der Waals surface area contributed by atoms with Gasteiger partial charge in [-0.2, -0.15) is 0 Å². The van der Waals surface area contributed by atoms with Crippen molar-refractivity contribution < 1.29 is 13.2 Å². The first-order valence-corrected chi connectivity index (χ1v) is 9.01. The summed E-state index contributed by atoms with van der Waals surface area (Å²) in [7, 11) is -3.72. The van der Waals surface area contributed by atoms with E-state index in [9.17, 15) is 13.2 Å². The average Bonchev–Trinajstić information content (AvgIpc) is 2.53. The van der Waals surface area contributed by atoms with Crippen LogP contribution in [0.4, 0.5) is 0 Å². The van der Waals surface area contributed by atoms with E-state index in [2.05, 4.69) is 10.0 Å². The Kier molecular flexibility index (Phi) is 4.89. The van der Waals surface area contributed by atoms with Crippen molar-refractivity contribution in [3.8, 4) is 0 Å². The van der Waals surface area contributed by atoms with Crippen LogP contribution in [0.25, 0.3) is 0 Å². The zero-order valence-electron chi connectivity index (χ0n) is 13.0. The van der Waals surface area contributed by atoms with Crippen LogP contribution < -0.4 is 15.8 Å². The minimum Gasteiger partial charge on any atom is -0.352 e. The normalized spacial score (nSPS) is 15.3. The number of amides is 1. The maximum atomic E-state index is 12.6. The van der Waals surface area contributed by atoms with Crippen molar-refractivity contribution in [2.75, 3.05) is 13.1 Å². The Bertz CT molecular complexity index is 658. The lowest BCUT2D eigenvalue weighted by Crippen LogP contribution is -2.52. The lowest BCUT2D eigenvalue weighted by atomic mass is 9.95. The van der Waals surface area contributed by atoms with Gasteiger partial charge >= 0.3 is 0 Å². The number of benzene rings is 1. The van der Waals surface area contributed by atoms with Crippen molar-refractivity contribution in [3.05, 3.63) is 29.3 Å². The number of carbonyl (C=O) groups excluding carboxylic acids is 1. The third kappa shape index (κ3) is 3.16. The summed E-state index contributed by atoms with van der Waals surface area (Å²) < 4.78 is 27.9. The number of hydrogen-bond donors (Lipinski definition) is 3. The van der Waals surface area contributed by atoms with Crippen LogP contribution in [0.2, 0.25) is 0 Å². The highest BCUT2D eigenvalue weighted by Crippen LogP contribution is 2.22. The van der Waals surface area contributed by atoms with E-state index in [1.54, 1.807) is 12.1 Å². The summed E-state index contributed by atoms with van der Waals surface area (Å²) in [5.41, 5.74) is 6.40. The molecule has 6 nitrogen and oxygen atoms in total. The van der Waals surface area contributed by atoms with E-state index in [4.69, 9.17) is 5.73 Å². The Morgan fingerprint density at radius 2 is 2.00 bits per heavy atom. The van der Waals surface area contributed by atoms with E-state index in [-0.39, 0.29) is 17.3 Å². The summed E-state index contributed by atoms with van der Waals surface area (Å²) in [5.74, 6) is -0.227. The maximum Gasteiger partial charge on any atom is 0.251 e. The largest absolute Gasteiger partial charge is 0.352 e. The smallest absolute Gasteiger partial charge is 0.251 e. The molecule has 0 saturated carbocycles. The van der Waals surface area contributed by atoms with Crippen LogP contribution in [-0.2, 0) is 16.4 Å². The third-order valence-electron chi connectivity index (χ3n) is 4.41. The van der Waals surface area contributed by atoms with Gasteiger partial charge in [0.2, 0.25) is 10.0 Å². The number of rotatable bonds is 6. The predicted molar refractivity (Wildman–Crippen MR) is 85.2 cm³/mol. The van der Waals surface area contributed by atoms with E-state index in [0.717, 1.165) is 5.56 Å². The number of nitrogens with two attached hydrogens (primary N) is 1. The molecule has 1 aliphatic rings. The van der Waals surface area contributed by atoms with Crippen LogP contribution in [0, 0.1) is 0 Å². The first-order chi connectivity index (χ1) is 10.4. The highest BCUT2D eigenvalue weighted by Gasteiger charge is 2.31. The molecule has 0 saturated heterocycles. The highest BCUT2D eigenvalue weighted by molar-refractivity contribution is 7.89. The maximum absolute atomic E-state index is 12.6. The molecule has 1 heterocycles. The highest BCUT2D eigenvalue weighted by atomic mass is 32.2. The molecule has 0 unspecified atom stereocenters. The van der Waals surface area contributed by atoms with E-state index in [0.29, 0.717) is 31.4 Å². The van der Waals surface area contributed by atoms with Gasteiger partial charge in [-0.25, -0.2) is 13.1 Å². The van der Waals surface area contributed by atoms with Crippen molar-refractivity contribution in [2.45, 2.75) is 43.5 Å². The van der Waals surface area contributed by atoms with Gasteiger partial charge in [-0.15, -0.1) is 0 Å². The molecule has 1 aromatic carbocycles. The van der Waals surface area contributed by atoms with Crippen LogP contribution in [0.5, 0.6) is 0 Å². The Morgan fingerprint density at radius 3 is 2.59 bits per heavy atom. The number of carbonyl (C=O) groups is 1. The fraction of sp³-hybridized carbons (Fsp3) is 0.533. The van der Waals surface area contributed by atoms with Gasteiger partial charge in [0, 0.05) is 24.2 Å². The van der Waals surface area contributed by atoms with Gasteiger partial charge in [0.25, 0.3) is 5.91 Å². The summed E-state index contributed by atoms with van der Waals surface area (Å²) >= 11 is 0. The summed E-state index contributed by atoms with van der Waals surface area (Å²) in [6.07, 6.45) is 1.92. The quantitative estimate of drug-likeness (QED) is 0.719. The standard InChI is InChI=1S/C15H23N3O3S/c1-3-15(4-2,10-16)18-22(20,21)12-6-5-11-7-8-17-14(19)13(11)9-12/h5-6,9,18H,3-4,7-8,10,16H2,1-2H3,(H,17,19). The first kappa shape index (κ1) is 16.9. The topological polar surface area (TPSA) is 101 Å².